The fraction of sp³-hybridized carbons (Fsp3) is 0.571. The summed E-state index contributed by atoms with van der Waals surface area (Å²) in [6.07, 6.45) is 1.43. The van der Waals surface area contributed by atoms with Gasteiger partial charge in [0.1, 0.15) is 0 Å². The molecule has 0 saturated carbocycles. The van der Waals surface area contributed by atoms with Crippen LogP contribution >= 0.6 is 15.9 Å². The Bertz CT molecular complexity index is 397. The summed E-state index contributed by atoms with van der Waals surface area (Å²) in [6, 6.07) is 8.68. The van der Waals surface area contributed by atoms with Gasteiger partial charge in [0.25, 0.3) is 0 Å². The normalized spacial score (nSPS) is 24.1. The summed E-state index contributed by atoms with van der Waals surface area (Å²) < 4.78 is 6.58. The van der Waals surface area contributed by atoms with Crippen molar-refractivity contribution in [1.82, 2.24) is 4.90 Å². The lowest BCUT2D eigenvalue weighted by Crippen LogP contribution is -2.39. The largest absolute Gasteiger partial charge is 0.380 e. The van der Waals surface area contributed by atoms with E-state index in [0.717, 1.165) is 24.0 Å². The van der Waals surface area contributed by atoms with Gasteiger partial charge in [-0.25, -0.2) is 0 Å². The number of ether oxygens (including phenoxy) is 1. The van der Waals surface area contributed by atoms with E-state index in [0.29, 0.717) is 6.10 Å². The van der Waals surface area contributed by atoms with Gasteiger partial charge in [-0.3, -0.25) is 4.90 Å². The third-order valence-corrected chi connectivity index (χ3v) is 4.35. The second-order valence-electron chi connectivity index (χ2n) is 4.97. The van der Waals surface area contributed by atoms with Crippen LogP contribution in [0.1, 0.15) is 24.9 Å². The SMILES string of the molecule is COC1CCN(C(c2ccccc2Br)C(C)N)C1. The number of methoxy groups -OCH3 is 1. The van der Waals surface area contributed by atoms with E-state index >= 15 is 0 Å². The van der Waals surface area contributed by atoms with Gasteiger partial charge in [-0.2, -0.15) is 0 Å². The first kappa shape index (κ1) is 14.0. The molecule has 3 nitrogen and oxygen atoms in total. The van der Waals surface area contributed by atoms with Crippen LogP contribution in [-0.4, -0.2) is 37.2 Å². The molecule has 1 aliphatic rings. The smallest absolute Gasteiger partial charge is 0.0710 e. The van der Waals surface area contributed by atoms with Crippen molar-refractivity contribution in [1.29, 1.82) is 0 Å². The van der Waals surface area contributed by atoms with Crippen LogP contribution < -0.4 is 5.73 Å². The van der Waals surface area contributed by atoms with Crippen molar-refractivity contribution in [2.24, 2.45) is 5.73 Å². The highest BCUT2D eigenvalue weighted by Gasteiger charge is 2.31. The van der Waals surface area contributed by atoms with Gasteiger partial charge in [0.15, 0.2) is 0 Å². The van der Waals surface area contributed by atoms with Gasteiger partial charge in [0, 0.05) is 30.7 Å². The minimum Gasteiger partial charge on any atom is -0.380 e. The number of hydrogen-bond donors (Lipinski definition) is 1. The standard InChI is InChI=1S/C14H21BrN2O/c1-10(16)14(12-5-3-4-6-13(12)15)17-8-7-11(9-17)18-2/h3-6,10-11,14H,7-9,16H2,1-2H3. The number of likely N-dealkylation sites (tertiary alicyclic amines) is 1. The Hall–Kier alpha value is -0.420. The van der Waals surface area contributed by atoms with Gasteiger partial charge in [-0.15, -0.1) is 0 Å². The maximum atomic E-state index is 6.20. The van der Waals surface area contributed by atoms with Crippen LogP contribution in [0.5, 0.6) is 0 Å². The topological polar surface area (TPSA) is 38.5 Å². The minimum absolute atomic E-state index is 0.0966. The fourth-order valence-electron chi connectivity index (χ4n) is 2.73. The number of nitrogens with zero attached hydrogens (tertiary/aromatic N) is 1. The van der Waals surface area contributed by atoms with Gasteiger partial charge in [0.2, 0.25) is 0 Å². The van der Waals surface area contributed by atoms with E-state index in [9.17, 15) is 0 Å². The molecule has 100 valence electrons. The zero-order chi connectivity index (χ0) is 13.1. The monoisotopic (exact) mass is 312 g/mol. The van der Waals surface area contributed by atoms with Crippen LogP contribution in [0.4, 0.5) is 0 Å². The maximum absolute atomic E-state index is 6.20. The molecule has 0 spiro atoms. The summed E-state index contributed by atoms with van der Waals surface area (Å²) in [6.45, 7) is 4.08. The predicted octanol–water partition coefficient (Wildman–Crippen LogP) is 2.56. The third kappa shape index (κ3) is 2.94. The summed E-state index contributed by atoms with van der Waals surface area (Å²) in [7, 11) is 1.79. The van der Waals surface area contributed by atoms with Gasteiger partial charge in [0.05, 0.1) is 12.1 Å². The van der Waals surface area contributed by atoms with E-state index < -0.39 is 0 Å². The molecule has 0 aromatic heterocycles. The van der Waals surface area contributed by atoms with Crippen LogP contribution in [0, 0.1) is 0 Å². The summed E-state index contributed by atoms with van der Waals surface area (Å²) in [5, 5.41) is 0. The maximum Gasteiger partial charge on any atom is 0.0710 e. The molecule has 1 heterocycles. The molecule has 2 N–H and O–H groups in total. The molecule has 2 rings (SSSR count). The molecule has 0 radical (unpaired) electrons. The highest BCUT2D eigenvalue weighted by atomic mass is 79.9. The second-order valence-corrected chi connectivity index (χ2v) is 5.82. The molecule has 3 atom stereocenters. The van der Waals surface area contributed by atoms with Gasteiger partial charge < -0.3 is 10.5 Å². The molecule has 1 aromatic carbocycles. The zero-order valence-electron chi connectivity index (χ0n) is 11.0. The first-order valence-electron chi connectivity index (χ1n) is 6.40. The number of benzene rings is 1. The van der Waals surface area contributed by atoms with Crippen molar-refractivity contribution in [2.75, 3.05) is 20.2 Å². The fourth-order valence-corrected chi connectivity index (χ4v) is 3.25. The van der Waals surface area contributed by atoms with Crippen molar-refractivity contribution >= 4 is 15.9 Å². The lowest BCUT2D eigenvalue weighted by Gasteiger charge is -2.32. The Balaban J connectivity index is 2.22. The molecule has 1 fully saturated rings. The van der Waals surface area contributed by atoms with E-state index in [4.69, 9.17) is 10.5 Å². The molecule has 18 heavy (non-hydrogen) atoms. The van der Waals surface area contributed by atoms with E-state index in [1.54, 1.807) is 7.11 Å². The molecule has 4 heteroatoms. The van der Waals surface area contributed by atoms with Crippen molar-refractivity contribution in [3.05, 3.63) is 34.3 Å². The third-order valence-electron chi connectivity index (χ3n) is 3.63. The zero-order valence-corrected chi connectivity index (χ0v) is 12.6. The van der Waals surface area contributed by atoms with E-state index in [-0.39, 0.29) is 12.1 Å². The minimum atomic E-state index is 0.0966. The lowest BCUT2D eigenvalue weighted by atomic mass is 9.99. The molecule has 0 bridgehead atoms. The first-order chi connectivity index (χ1) is 8.63. The van der Waals surface area contributed by atoms with E-state index in [1.807, 2.05) is 6.07 Å². The molecular formula is C14H21BrN2O. The van der Waals surface area contributed by atoms with E-state index in [1.165, 1.54) is 5.56 Å². The molecule has 1 aromatic rings. The highest BCUT2D eigenvalue weighted by Crippen LogP contribution is 2.32. The van der Waals surface area contributed by atoms with Gasteiger partial charge in [-0.1, -0.05) is 34.1 Å². The average Bonchev–Trinajstić information content (AvgIpc) is 2.80. The van der Waals surface area contributed by atoms with Gasteiger partial charge in [-0.05, 0) is 25.0 Å². The molecule has 0 amide bonds. The average molecular weight is 313 g/mol. The Morgan fingerprint density at radius 3 is 2.72 bits per heavy atom. The van der Waals surface area contributed by atoms with E-state index in [2.05, 4.69) is 46.0 Å². The second kappa shape index (κ2) is 6.15. The number of hydrogen-bond acceptors (Lipinski definition) is 3. The molecule has 0 aliphatic carbocycles. The van der Waals surface area contributed by atoms with Crippen LogP contribution in [0.25, 0.3) is 0 Å². The van der Waals surface area contributed by atoms with Crippen LogP contribution in [0.15, 0.2) is 28.7 Å². The summed E-state index contributed by atoms with van der Waals surface area (Å²) in [4.78, 5) is 2.43. The summed E-state index contributed by atoms with van der Waals surface area (Å²) in [5.41, 5.74) is 7.47. The summed E-state index contributed by atoms with van der Waals surface area (Å²) in [5.74, 6) is 0. The van der Waals surface area contributed by atoms with Crippen molar-refractivity contribution in [3.8, 4) is 0 Å². The first-order valence-corrected chi connectivity index (χ1v) is 7.19. The Kier molecular flexibility index (Phi) is 4.78. The Morgan fingerprint density at radius 2 is 2.17 bits per heavy atom. The molecule has 1 saturated heterocycles. The van der Waals surface area contributed by atoms with Gasteiger partial charge >= 0.3 is 0 Å². The van der Waals surface area contributed by atoms with Crippen molar-refractivity contribution in [2.45, 2.75) is 31.5 Å². The predicted molar refractivity (Wildman–Crippen MR) is 77.5 cm³/mol. The van der Waals surface area contributed by atoms with Crippen molar-refractivity contribution in [3.63, 3.8) is 0 Å². The highest BCUT2D eigenvalue weighted by molar-refractivity contribution is 9.10. The quantitative estimate of drug-likeness (QED) is 0.928. The summed E-state index contributed by atoms with van der Waals surface area (Å²) >= 11 is 3.63. The molecular weight excluding hydrogens is 292 g/mol. The molecule has 1 aliphatic heterocycles. The Morgan fingerprint density at radius 1 is 1.44 bits per heavy atom. The molecule has 3 unspecified atom stereocenters. The van der Waals surface area contributed by atoms with Crippen LogP contribution in [-0.2, 0) is 4.74 Å². The lowest BCUT2D eigenvalue weighted by molar-refractivity contribution is 0.0981. The Labute approximate surface area is 117 Å². The number of nitrogens with two attached hydrogens (primary N) is 1. The number of rotatable bonds is 4. The number of halogens is 1. The van der Waals surface area contributed by atoms with Crippen LogP contribution in [0.3, 0.4) is 0 Å². The van der Waals surface area contributed by atoms with Crippen LogP contribution in [0.2, 0.25) is 0 Å². The van der Waals surface area contributed by atoms with Crippen molar-refractivity contribution < 1.29 is 4.74 Å².